The number of benzene rings is 1. The summed E-state index contributed by atoms with van der Waals surface area (Å²) in [5.41, 5.74) is 2.90. The summed E-state index contributed by atoms with van der Waals surface area (Å²) in [6.45, 7) is 10.2. The van der Waals surface area contributed by atoms with Gasteiger partial charge in [0, 0.05) is 23.5 Å². The van der Waals surface area contributed by atoms with Crippen LogP contribution in [0.15, 0.2) is 41.8 Å². The van der Waals surface area contributed by atoms with E-state index in [4.69, 9.17) is 0 Å². The molecule has 20 heavy (non-hydrogen) atoms. The number of aryl methyl sites for hydroxylation is 1. The molecule has 0 unspecified atom stereocenters. The maximum atomic E-state index is 10.1. The lowest BCUT2D eigenvalue weighted by molar-refractivity contribution is 1.00. The minimum Gasteiger partial charge on any atom is -0.236 e. The van der Waals surface area contributed by atoms with Gasteiger partial charge in [0.25, 0.3) is 0 Å². The summed E-state index contributed by atoms with van der Waals surface area (Å²) in [5.74, 6) is 0.662. The molecule has 0 fully saturated rings. The molecule has 0 aliphatic rings. The molecule has 0 aliphatic heterocycles. The van der Waals surface area contributed by atoms with Crippen molar-refractivity contribution >= 4 is 0 Å². The molecule has 0 saturated heterocycles. The van der Waals surface area contributed by atoms with Crippen molar-refractivity contribution in [3.8, 4) is 11.4 Å². The Bertz CT molecular complexity index is 478. The molecular formula is C16H23N3O. The number of hydrogen-bond acceptors (Lipinski definition) is 4. The van der Waals surface area contributed by atoms with Gasteiger partial charge in [0.2, 0.25) is 0 Å². The summed E-state index contributed by atoms with van der Waals surface area (Å²) in [7, 11) is 0. The lowest BCUT2D eigenvalue weighted by Crippen LogP contribution is -1.91. The topological polar surface area (TPSA) is 55.2 Å². The summed E-state index contributed by atoms with van der Waals surface area (Å²) in [6, 6.07) is 7.98. The van der Waals surface area contributed by atoms with Gasteiger partial charge in [-0.2, -0.15) is 4.91 Å². The number of hydrogen-bond donors (Lipinski definition) is 0. The molecule has 0 spiro atoms. The number of aromatic nitrogens is 2. The van der Waals surface area contributed by atoms with Gasteiger partial charge in [-0.15, -0.1) is 0 Å². The highest BCUT2D eigenvalue weighted by molar-refractivity contribution is 5.54. The summed E-state index contributed by atoms with van der Waals surface area (Å²) in [5, 5.41) is 2.79. The van der Waals surface area contributed by atoms with Crippen molar-refractivity contribution in [1.29, 1.82) is 0 Å². The normalized spacial score (nSPS) is 8.65. The summed E-state index contributed by atoms with van der Waals surface area (Å²) in [4.78, 5) is 18.4. The lowest BCUT2D eigenvalue weighted by Gasteiger charge is -2.00. The molecule has 4 nitrogen and oxygen atoms in total. The summed E-state index contributed by atoms with van der Waals surface area (Å²) >= 11 is 0. The highest BCUT2D eigenvalue weighted by Gasteiger charge is 2.00. The Labute approximate surface area is 121 Å². The molecule has 1 aromatic heterocycles. The Morgan fingerprint density at radius 1 is 0.950 bits per heavy atom. The van der Waals surface area contributed by atoms with Crippen LogP contribution in [0.2, 0.25) is 0 Å². The summed E-state index contributed by atoms with van der Waals surface area (Å²) in [6.07, 6.45) is 3.26. The van der Waals surface area contributed by atoms with E-state index in [0.29, 0.717) is 5.82 Å². The van der Waals surface area contributed by atoms with Crippen LogP contribution in [-0.2, 0) is 6.54 Å². The number of rotatable bonds is 3. The van der Waals surface area contributed by atoms with Crippen molar-refractivity contribution in [2.45, 2.75) is 41.2 Å². The second-order valence-corrected chi connectivity index (χ2v) is 3.57. The molecule has 0 radical (unpaired) electrons. The first kappa shape index (κ1) is 17.9. The van der Waals surface area contributed by atoms with Crippen LogP contribution in [0.4, 0.5) is 0 Å². The van der Waals surface area contributed by atoms with Crippen LogP contribution in [0.5, 0.6) is 0 Å². The van der Waals surface area contributed by atoms with E-state index in [9.17, 15) is 4.91 Å². The maximum Gasteiger partial charge on any atom is 0.159 e. The van der Waals surface area contributed by atoms with Crippen LogP contribution in [-0.4, -0.2) is 9.97 Å². The van der Waals surface area contributed by atoms with Crippen molar-refractivity contribution in [1.82, 2.24) is 9.97 Å². The van der Waals surface area contributed by atoms with Crippen molar-refractivity contribution in [2.24, 2.45) is 5.18 Å². The molecule has 0 amide bonds. The minimum atomic E-state index is 0.119. The molecule has 1 aromatic carbocycles. The van der Waals surface area contributed by atoms with Crippen molar-refractivity contribution in [3.63, 3.8) is 0 Å². The zero-order chi connectivity index (χ0) is 15.4. The average Bonchev–Trinajstić information content (AvgIpc) is 2.53. The fourth-order valence-electron chi connectivity index (χ4n) is 1.36. The molecule has 0 N–H and O–H groups in total. The standard InChI is InChI=1S/C12H11N3O.2C2H6/c1-9-2-4-11(5-3-9)12-13-6-10(7-14-12)8-15-16;2*1-2/h2-7H,8H2,1H3;2*1-2H3. The van der Waals surface area contributed by atoms with E-state index < -0.39 is 0 Å². The Balaban J connectivity index is 0.000000829. The molecule has 0 bridgehead atoms. The van der Waals surface area contributed by atoms with E-state index in [2.05, 4.69) is 15.1 Å². The molecular weight excluding hydrogens is 250 g/mol. The largest absolute Gasteiger partial charge is 0.236 e. The molecule has 4 heteroatoms. The monoisotopic (exact) mass is 273 g/mol. The smallest absolute Gasteiger partial charge is 0.159 e. The second-order valence-electron chi connectivity index (χ2n) is 3.57. The third-order valence-electron chi connectivity index (χ3n) is 2.26. The molecule has 2 aromatic rings. The Morgan fingerprint density at radius 2 is 1.45 bits per heavy atom. The lowest BCUT2D eigenvalue weighted by atomic mass is 10.1. The maximum absolute atomic E-state index is 10.1. The zero-order valence-corrected chi connectivity index (χ0v) is 12.9. The van der Waals surface area contributed by atoms with Gasteiger partial charge in [0.15, 0.2) is 5.82 Å². The van der Waals surface area contributed by atoms with Gasteiger partial charge in [-0.1, -0.05) is 62.7 Å². The number of nitroso groups, excluding NO2 is 1. The molecule has 0 aliphatic carbocycles. The minimum absolute atomic E-state index is 0.119. The predicted molar refractivity (Wildman–Crippen MR) is 84.4 cm³/mol. The highest BCUT2D eigenvalue weighted by Crippen LogP contribution is 2.14. The van der Waals surface area contributed by atoms with Crippen LogP contribution < -0.4 is 0 Å². The van der Waals surface area contributed by atoms with E-state index in [1.54, 1.807) is 12.4 Å². The van der Waals surface area contributed by atoms with E-state index in [1.807, 2.05) is 58.9 Å². The Morgan fingerprint density at radius 3 is 1.90 bits per heavy atom. The van der Waals surface area contributed by atoms with E-state index in [0.717, 1.165) is 11.1 Å². The van der Waals surface area contributed by atoms with Gasteiger partial charge < -0.3 is 0 Å². The van der Waals surface area contributed by atoms with Crippen molar-refractivity contribution in [2.75, 3.05) is 0 Å². The van der Waals surface area contributed by atoms with Gasteiger partial charge >= 0.3 is 0 Å². The Hall–Kier alpha value is -2.10. The van der Waals surface area contributed by atoms with Crippen LogP contribution in [0.3, 0.4) is 0 Å². The first-order chi connectivity index (χ1) is 9.79. The van der Waals surface area contributed by atoms with Gasteiger partial charge in [0.1, 0.15) is 6.54 Å². The quantitative estimate of drug-likeness (QED) is 0.757. The Kier molecular flexibility index (Phi) is 9.66. The SMILES string of the molecule is CC.CC.Cc1ccc(-c2ncc(CN=O)cn2)cc1. The van der Waals surface area contributed by atoms with Crippen LogP contribution in [0.25, 0.3) is 11.4 Å². The van der Waals surface area contributed by atoms with Gasteiger partial charge in [-0.25, -0.2) is 9.97 Å². The fourth-order valence-corrected chi connectivity index (χ4v) is 1.36. The third-order valence-corrected chi connectivity index (χ3v) is 2.26. The molecule has 1 heterocycles. The van der Waals surface area contributed by atoms with Crippen LogP contribution in [0.1, 0.15) is 38.8 Å². The average molecular weight is 273 g/mol. The zero-order valence-electron chi connectivity index (χ0n) is 12.9. The third kappa shape index (κ3) is 5.69. The van der Waals surface area contributed by atoms with E-state index in [1.165, 1.54) is 5.56 Å². The molecule has 0 saturated carbocycles. The van der Waals surface area contributed by atoms with Crippen LogP contribution >= 0.6 is 0 Å². The first-order valence-electron chi connectivity index (χ1n) is 6.96. The summed E-state index contributed by atoms with van der Waals surface area (Å²) < 4.78 is 0. The van der Waals surface area contributed by atoms with Gasteiger partial charge in [-0.05, 0) is 6.92 Å². The van der Waals surface area contributed by atoms with Gasteiger partial charge in [0.05, 0.1) is 0 Å². The molecule has 2 rings (SSSR count). The number of nitrogens with zero attached hydrogens (tertiary/aromatic N) is 3. The van der Waals surface area contributed by atoms with Crippen molar-refractivity contribution < 1.29 is 0 Å². The second kappa shape index (κ2) is 10.8. The molecule has 108 valence electrons. The fraction of sp³-hybridized carbons (Fsp3) is 0.375. The van der Waals surface area contributed by atoms with Crippen LogP contribution in [0, 0.1) is 11.8 Å². The predicted octanol–water partition coefficient (Wildman–Crippen LogP) is 4.77. The van der Waals surface area contributed by atoms with E-state index in [-0.39, 0.29) is 6.54 Å². The molecule has 0 atom stereocenters. The highest BCUT2D eigenvalue weighted by atomic mass is 16.3. The first-order valence-corrected chi connectivity index (χ1v) is 6.96. The van der Waals surface area contributed by atoms with Crippen molar-refractivity contribution in [3.05, 3.63) is 52.7 Å². The van der Waals surface area contributed by atoms with Gasteiger partial charge in [-0.3, -0.25) is 0 Å². The van der Waals surface area contributed by atoms with E-state index >= 15 is 0 Å².